The van der Waals surface area contributed by atoms with Gasteiger partial charge in [-0.1, -0.05) is 92.9 Å². The fourth-order valence-electron chi connectivity index (χ4n) is 7.95. The van der Waals surface area contributed by atoms with Gasteiger partial charge in [-0.25, -0.2) is 0 Å². The van der Waals surface area contributed by atoms with Crippen molar-refractivity contribution >= 4 is 15.8 Å². The molecule has 0 spiro atoms. The standard InChI is InChI=1S/2C17H26P.BrH.Fe.Ni/c2*1-3-9-15(10-4-1)18(17-13-7-8-14-17)16-11-5-2-6-12-16;;;/h2*7-8,13-16H,1-6,9-12H2;1H;;/q;;;2*+2/p-1. The smallest absolute Gasteiger partial charge is 1.00 e. The molecule has 0 heterocycles. The summed E-state index contributed by atoms with van der Waals surface area (Å²) in [6, 6.07) is 0. The van der Waals surface area contributed by atoms with Crippen molar-refractivity contribution in [2.45, 2.75) is 151 Å². The molecule has 5 heteroatoms. The summed E-state index contributed by atoms with van der Waals surface area (Å²) in [5.74, 6) is 0. The van der Waals surface area contributed by atoms with E-state index in [4.69, 9.17) is 0 Å². The Hall–Kier alpha value is 2.35. The quantitative estimate of drug-likeness (QED) is 0.193. The maximum absolute atomic E-state index is 2.43. The largest absolute Gasteiger partial charge is 2.00 e. The third-order valence-electron chi connectivity index (χ3n) is 9.76. The van der Waals surface area contributed by atoms with E-state index < -0.39 is 0 Å². The molecule has 0 aromatic carbocycles. The molecule has 0 aliphatic heterocycles. The predicted molar refractivity (Wildman–Crippen MR) is 162 cm³/mol. The maximum Gasteiger partial charge on any atom is 2.00 e. The van der Waals surface area contributed by atoms with Gasteiger partial charge in [0.25, 0.3) is 0 Å². The Balaban J connectivity index is 0.000000254. The van der Waals surface area contributed by atoms with Gasteiger partial charge >= 0.3 is 33.6 Å². The van der Waals surface area contributed by atoms with Crippen LogP contribution in [0.5, 0.6) is 0 Å². The van der Waals surface area contributed by atoms with Crippen LogP contribution in [0, 0.1) is 62.7 Å². The molecule has 0 N–H and O–H groups in total. The van der Waals surface area contributed by atoms with Crippen molar-refractivity contribution in [1.82, 2.24) is 0 Å². The molecular formula is C34H52BrFeNiP2+3. The van der Waals surface area contributed by atoms with E-state index in [0.717, 1.165) is 22.6 Å². The molecule has 0 atom stereocenters. The summed E-state index contributed by atoms with van der Waals surface area (Å²) in [7, 11) is 0.290. The van der Waals surface area contributed by atoms with E-state index in [1.165, 1.54) is 128 Å². The average Bonchev–Trinajstić information content (AvgIpc) is 3.68. The molecule has 10 radical (unpaired) electrons. The van der Waals surface area contributed by atoms with E-state index in [1.54, 1.807) is 11.3 Å². The van der Waals surface area contributed by atoms with Gasteiger partial charge in [-0.05, 0) is 125 Å². The zero-order valence-corrected chi connectivity index (χ0v) is 29.5. The minimum absolute atomic E-state index is 0. The maximum atomic E-state index is 2.43. The molecule has 0 aromatic rings. The predicted octanol–water partition coefficient (Wildman–Crippen LogP) is 7.99. The first-order chi connectivity index (χ1) is 17.9. The van der Waals surface area contributed by atoms with Crippen LogP contribution in [0.25, 0.3) is 0 Å². The van der Waals surface area contributed by atoms with Gasteiger partial charge in [-0.3, -0.25) is 0 Å². The minimum Gasteiger partial charge on any atom is -1.00 e. The summed E-state index contributed by atoms with van der Waals surface area (Å²) in [4.78, 5) is 0. The number of hydrogen-bond acceptors (Lipinski definition) is 0. The summed E-state index contributed by atoms with van der Waals surface area (Å²) in [6.07, 6.45) is 48.9. The number of rotatable bonds is 6. The molecule has 6 fully saturated rings. The van der Waals surface area contributed by atoms with Gasteiger partial charge in [-0.15, -0.1) is 0 Å². The average molecular weight is 717 g/mol. The number of hydrogen-bond donors (Lipinski definition) is 0. The first-order valence-electron chi connectivity index (χ1n) is 15.9. The molecule has 0 saturated heterocycles. The second-order valence-corrected chi connectivity index (χ2v) is 17.9. The third kappa shape index (κ3) is 11.3. The van der Waals surface area contributed by atoms with Crippen LogP contribution in [0.4, 0.5) is 0 Å². The molecule has 6 rings (SSSR count). The van der Waals surface area contributed by atoms with Gasteiger partial charge in [0.15, 0.2) is 0 Å². The van der Waals surface area contributed by atoms with Crippen molar-refractivity contribution in [1.29, 1.82) is 0 Å². The molecule has 0 nitrogen and oxygen atoms in total. The van der Waals surface area contributed by atoms with Crippen LogP contribution >= 0.6 is 15.8 Å². The molecule has 0 aromatic heterocycles. The van der Waals surface area contributed by atoms with E-state index in [0.29, 0.717) is 0 Å². The molecule has 220 valence electrons. The van der Waals surface area contributed by atoms with E-state index in [2.05, 4.69) is 51.4 Å². The van der Waals surface area contributed by atoms with Gasteiger partial charge in [0.1, 0.15) is 0 Å². The van der Waals surface area contributed by atoms with Crippen molar-refractivity contribution in [2.75, 3.05) is 0 Å². The molecule has 0 amide bonds. The Kier molecular flexibility index (Phi) is 20.4. The van der Waals surface area contributed by atoms with Crippen molar-refractivity contribution in [3.05, 3.63) is 62.7 Å². The Bertz CT molecular complexity index is 500. The van der Waals surface area contributed by atoms with E-state index in [1.807, 2.05) is 0 Å². The van der Waals surface area contributed by atoms with Crippen molar-refractivity contribution in [3.63, 3.8) is 0 Å². The van der Waals surface area contributed by atoms with Crippen LogP contribution in [0.2, 0.25) is 0 Å². The van der Waals surface area contributed by atoms with Crippen LogP contribution in [0.1, 0.15) is 128 Å². The van der Waals surface area contributed by atoms with Crippen LogP contribution in [-0.4, -0.2) is 22.6 Å². The Morgan fingerprint density at radius 2 is 0.590 bits per heavy atom. The van der Waals surface area contributed by atoms with E-state index >= 15 is 0 Å². The molecule has 6 saturated carbocycles. The molecule has 6 aliphatic carbocycles. The summed E-state index contributed by atoms with van der Waals surface area (Å²) >= 11 is 0. The van der Waals surface area contributed by atoms with E-state index in [-0.39, 0.29) is 66.4 Å². The monoisotopic (exact) mass is 715 g/mol. The minimum atomic E-state index is 0. The van der Waals surface area contributed by atoms with Gasteiger partial charge in [0.2, 0.25) is 0 Å². The van der Waals surface area contributed by atoms with Crippen molar-refractivity contribution in [2.24, 2.45) is 0 Å². The van der Waals surface area contributed by atoms with Crippen molar-refractivity contribution in [3.8, 4) is 0 Å². The van der Waals surface area contributed by atoms with Gasteiger partial charge in [0, 0.05) is 11.3 Å². The SMILES string of the molecule is [Br-].[CH]1[CH][CH][C](P(C2CCCCC2)C2CCCCC2)[CH]1.[CH]1[CH][CH][C](P(C2CCCCC2)C2CCCCC2)[CH]1.[Fe+2].[Ni+2]. The topological polar surface area (TPSA) is 0 Å². The summed E-state index contributed by atoms with van der Waals surface area (Å²) in [5.41, 5.74) is 7.67. The normalized spacial score (nSPS) is 26.9. The van der Waals surface area contributed by atoms with E-state index in [9.17, 15) is 0 Å². The molecule has 6 aliphatic rings. The van der Waals surface area contributed by atoms with Gasteiger partial charge in [-0.2, -0.15) is 0 Å². The molecule has 0 unspecified atom stereocenters. The fourth-order valence-corrected chi connectivity index (χ4v) is 15.5. The Morgan fingerprint density at radius 3 is 0.795 bits per heavy atom. The third-order valence-corrected chi connectivity index (χ3v) is 16.8. The molecule has 0 bridgehead atoms. The summed E-state index contributed by atoms with van der Waals surface area (Å²) in [6.45, 7) is 0. The van der Waals surface area contributed by atoms with Crippen LogP contribution in [-0.2, 0) is 33.6 Å². The first kappa shape index (κ1) is 37.5. The fraction of sp³-hybridized carbons (Fsp3) is 0.706. The zero-order chi connectivity index (χ0) is 24.4. The first-order valence-corrected chi connectivity index (χ1v) is 18.9. The van der Waals surface area contributed by atoms with Crippen LogP contribution in [0.3, 0.4) is 0 Å². The van der Waals surface area contributed by atoms with Crippen LogP contribution in [0.15, 0.2) is 0 Å². The second-order valence-electron chi connectivity index (χ2n) is 12.3. The number of halogens is 1. The zero-order valence-electron chi connectivity index (χ0n) is 24.0. The Labute approximate surface area is 278 Å². The van der Waals surface area contributed by atoms with Crippen LogP contribution < -0.4 is 17.0 Å². The van der Waals surface area contributed by atoms with Crippen molar-refractivity contribution < 1.29 is 50.5 Å². The van der Waals surface area contributed by atoms with Gasteiger partial charge < -0.3 is 17.0 Å². The molecule has 39 heavy (non-hydrogen) atoms. The second kappa shape index (κ2) is 21.2. The summed E-state index contributed by atoms with van der Waals surface area (Å²) in [5, 5.41) is 0. The van der Waals surface area contributed by atoms with Gasteiger partial charge in [0.05, 0.1) is 0 Å². The molecular weight excluding hydrogens is 665 g/mol. The summed E-state index contributed by atoms with van der Waals surface area (Å²) < 4.78 is 0. The Morgan fingerprint density at radius 1 is 0.385 bits per heavy atom.